The van der Waals surface area contributed by atoms with E-state index in [1.807, 2.05) is 54.6 Å². The number of hydrogen-bond donors (Lipinski definition) is 0. The molecule has 0 saturated carbocycles. The van der Waals surface area contributed by atoms with Gasteiger partial charge in [-0.3, -0.25) is 0 Å². The molecule has 112 valence electrons. The predicted molar refractivity (Wildman–Crippen MR) is 94.9 cm³/mol. The molecule has 0 fully saturated rings. The average Bonchev–Trinajstić information content (AvgIpc) is 2.99. The van der Waals surface area contributed by atoms with Crippen molar-refractivity contribution < 1.29 is 9.53 Å². The number of benzene rings is 3. The van der Waals surface area contributed by atoms with Crippen molar-refractivity contribution in [3.05, 3.63) is 83.9 Å². The Hall–Kier alpha value is -2.65. The minimum Gasteiger partial charge on any atom is -0.457 e. The molecule has 2 nitrogen and oxygen atoms in total. The van der Waals surface area contributed by atoms with E-state index < -0.39 is 0 Å². The van der Waals surface area contributed by atoms with Crippen molar-refractivity contribution in [3.8, 4) is 0 Å². The summed E-state index contributed by atoms with van der Waals surface area (Å²) in [5.41, 5.74) is 1.63. The lowest BCUT2D eigenvalue weighted by molar-refractivity contribution is 0.0475. The van der Waals surface area contributed by atoms with Gasteiger partial charge in [0.25, 0.3) is 0 Å². The lowest BCUT2D eigenvalue weighted by atomic mass is 10.1. The molecule has 0 bridgehead atoms. The van der Waals surface area contributed by atoms with Gasteiger partial charge < -0.3 is 4.74 Å². The molecular weight excluding hydrogens is 304 g/mol. The van der Waals surface area contributed by atoms with Crippen LogP contribution in [-0.2, 0) is 11.3 Å². The number of ether oxygens (including phenoxy) is 1. The summed E-state index contributed by atoms with van der Waals surface area (Å²) in [6.45, 7) is 0.293. The van der Waals surface area contributed by atoms with Crippen LogP contribution in [0.15, 0.2) is 72.8 Å². The second-order valence-electron chi connectivity index (χ2n) is 5.34. The van der Waals surface area contributed by atoms with E-state index in [4.69, 9.17) is 4.74 Å². The molecule has 0 spiro atoms. The molecule has 0 atom stereocenters. The van der Waals surface area contributed by atoms with E-state index in [0.29, 0.717) is 12.2 Å². The van der Waals surface area contributed by atoms with Crippen molar-refractivity contribution >= 4 is 37.5 Å². The van der Waals surface area contributed by atoms with Crippen molar-refractivity contribution in [2.24, 2.45) is 0 Å². The molecule has 1 heterocycles. The van der Waals surface area contributed by atoms with Crippen LogP contribution in [0.4, 0.5) is 0 Å². The maximum atomic E-state index is 12.5. The molecule has 23 heavy (non-hydrogen) atoms. The highest BCUT2D eigenvalue weighted by Gasteiger charge is 2.15. The normalized spacial score (nSPS) is 11.0. The smallest absolute Gasteiger partial charge is 0.339 e. The average molecular weight is 318 g/mol. The van der Waals surface area contributed by atoms with E-state index in [-0.39, 0.29) is 5.97 Å². The lowest BCUT2D eigenvalue weighted by Gasteiger charge is -2.05. The second kappa shape index (κ2) is 5.86. The van der Waals surface area contributed by atoms with Gasteiger partial charge in [0.1, 0.15) is 6.61 Å². The molecule has 3 heteroatoms. The Balaban J connectivity index is 1.69. The number of fused-ring (bicyclic) bond motifs is 3. The van der Waals surface area contributed by atoms with Gasteiger partial charge in [-0.15, -0.1) is 11.3 Å². The Kier molecular flexibility index (Phi) is 3.56. The van der Waals surface area contributed by atoms with Crippen molar-refractivity contribution in [1.82, 2.24) is 0 Å². The maximum Gasteiger partial charge on any atom is 0.339 e. The zero-order chi connectivity index (χ0) is 15.6. The number of rotatable bonds is 3. The summed E-state index contributed by atoms with van der Waals surface area (Å²) in [5.74, 6) is -0.272. The van der Waals surface area contributed by atoms with Crippen LogP contribution < -0.4 is 0 Å². The van der Waals surface area contributed by atoms with E-state index in [1.54, 1.807) is 11.3 Å². The third-order valence-corrected chi connectivity index (χ3v) is 5.06. The third-order valence-electron chi connectivity index (χ3n) is 3.84. The Morgan fingerprint density at radius 1 is 0.826 bits per heavy atom. The standard InChI is InChI=1S/C20H14O2S/c21-20(22-13-14-7-2-1-3-8-14)17-11-6-10-16-15-9-4-5-12-18(15)23-19(16)17/h1-12H,13H2. The monoisotopic (exact) mass is 318 g/mol. The SMILES string of the molecule is O=C(OCc1ccccc1)c1cccc2c1sc1ccccc12. The van der Waals surface area contributed by atoms with Gasteiger partial charge >= 0.3 is 5.97 Å². The Morgan fingerprint density at radius 2 is 1.57 bits per heavy atom. The van der Waals surface area contributed by atoms with Crippen LogP contribution in [-0.4, -0.2) is 5.97 Å². The van der Waals surface area contributed by atoms with Crippen LogP contribution in [0.5, 0.6) is 0 Å². The van der Waals surface area contributed by atoms with Crippen molar-refractivity contribution in [3.63, 3.8) is 0 Å². The van der Waals surface area contributed by atoms with Gasteiger partial charge in [-0.25, -0.2) is 4.79 Å². The van der Waals surface area contributed by atoms with E-state index in [1.165, 1.54) is 10.1 Å². The summed E-state index contributed by atoms with van der Waals surface area (Å²) in [7, 11) is 0. The predicted octanol–water partition coefficient (Wildman–Crippen LogP) is 5.41. The van der Waals surface area contributed by atoms with Gasteiger partial charge in [0, 0.05) is 15.5 Å². The number of carbonyl (C=O) groups is 1. The van der Waals surface area contributed by atoms with Gasteiger partial charge in [0.2, 0.25) is 0 Å². The highest BCUT2D eigenvalue weighted by molar-refractivity contribution is 7.26. The summed E-state index contributed by atoms with van der Waals surface area (Å²) < 4.78 is 7.66. The summed E-state index contributed by atoms with van der Waals surface area (Å²) in [5, 5.41) is 2.30. The number of carbonyl (C=O) groups excluding carboxylic acids is 1. The van der Waals surface area contributed by atoms with Crippen LogP contribution in [0.25, 0.3) is 20.2 Å². The zero-order valence-electron chi connectivity index (χ0n) is 12.4. The van der Waals surface area contributed by atoms with Gasteiger partial charge in [-0.1, -0.05) is 60.7 Å². The molecule has 0 unspecified atom stereocenters. The van der Waals surface area contributed by atoms with Crippen molar-refractivity contribution in [1.29, 1.82) is 0 Å². The molecule has 0 saturated heterocycles. The fraction of sp³-hybridized carbons (Fsp3) is 0.0500. The molecule has 0 N–H and O–H groups in total. The highest BCUT2D eigenvalue weighted by Crippen LogP contribution is 2.35. The summed E-state index contributed by atoms with van der Waals surface area (Å²) >= 11 is 1.64. The second-order valence-corrected chi connectivity index (χ2v) is 6.39. The fourth-order valence-electron chi connectivity index (χ4n) is 2.71. The Morgan fingerprint density at radius 3 is 2.43 bits per heavy atom. The zero-order valence-corrected chi connectivity index (χ0v) is 13.2. The molecule has 3 aromatic carbocycles. The van der Waals surface area contributed by atoms with Crippen LogP contribution in [0.2, 0.25) is 0 Å². The Labute approximate surface area is 137 Å². The van der Waals surface area contributed by atoms with Gasteiger partial charge in [0.05, 0.1) is 10.3 Å². The fourth-order valence-corrected chi connectivity index (χ4v) is 3.91. The summed E-state index contributed by atoms with van der Waals surface area (Å²) in [6.07, 6.45) is 0. The first kappa shape index (κ1) is 14.0. The quantitative estimate of drug-likeness (QED) is 0.472. The van der Waals surface area contributed by atoms with Crippen LogP contribution in [0.1, 0.15) is 15.9 Å². The van der Waals surface area contributed by atoms with Crippen molar-refractivity contribution in [2.45, 2.75) is 6.61 Å². The molecule has 0 amide bonds. The minimum absolute atomic E-state index is 0.272. The molecule has 0 radical (unpaired) electrons. The lowest BCUT2D eigenvalue weighted by Crippen LogP contribution is -2.05. The minimum atomic E-state index is -0.272. The first-order chi connectivity index (χ1) is 11.3. The molecule has 0 aliphatic rings. The first-order valence-corrected chi connectivity index (χ1v) is 8.26. The van der Waals surface area contributed by atoms with Gasteiger partial charge in [-0.05, 0) is 17.7 Å². The number of thiophene rings is 1. The summed E-state index contributed by atoms with van der Waals surface area (Å²) in [4.78, 5) is 12.5. The van der Waals surface area contributed by atoms with E-state index in [0.717, 1.165) is 15.6 Å². The Bertz CT molecular complexity index is 986. The maximum absolute atomic E-state index is 12.5. The molecule has 4 rings (SSSR count). The number of esters is 1. The van der Waals surface area contributed by atoms with E-state index >= 15 is 0 Å². The topological polar surface area (TPSA) is 26.3 Å². The van der Waals surface area contributed by atoms with Crippen LogP contribution >= 0.6 is 11.3 Å². The first-order valence-electron chi connectivity index (χ1n) is 7.44. The van der Waals surface area contributed by atoms with Crippen molar-refractivity contribution in [2.75, 3.05) is 0 Å². The molecular formula is C20H14O2S. The molecule has 0 aliphatic carbocycles. The highest BCUT2D eigenvalue weighted by atomic mass is 32.1. The molecule has 4 aromatic rings. The molecule has 1 aromatic heterocycles. The van der Waals surface area contributed by atoms with E-state index in [9.17, 15) is 4.79 Å². The molecule has 0 aliphatic heterocycles. The third kappa shape index (κ3) is 2.60. The van der Waals surface area contributed by atoms with Gasteiger partial charge in [-0.2, -0.15) is 0 Å². The number of hydrogen-bond acceptors (Lipinski definition) is 3. The summed E-state index contributed by atoms with van der Waals surface area (Å²) in [6, 6.07) is 23.8. The van der Waals surface area contributed by atoms with Crippen LogP contribution in [0, 0.1) is 0 Å². The van der Waals surface area contributed by atoms with Gasteiger partial charge in [0.15, 0.2) is 0 Å². The van der Waals surface area contributed by atoms with E-state index in [2.05, 4.69) is 18.2 Å². The largest absolute Gasteiger partial charge is 0.457 e. The van der Waals surface area contributed by atoms with Crippen LogP contribution in [0.3, 0.4) is 0 Å².